The van der Waals surface area contributed by atoms with Crippen LogP contribution >= 0.6 is 0 Å². The van der Waals surface area contributed by atoms with E-state index in [0.29, 0.717) is 24.7 Å². The molecule has 2 unspecified atom stereocenters. The highest BCUT2D eigenvalue weighted by atomic mass is 16.8. The maximum atomic E-state index is 12.1. The fraction of sp³-hybridized carbons (Fsp3) is 0.816. The Labute approximate surface area is 329 Å². The Bertz CT molecular complexity index is 1420. The predicted octanol–water partition coefficient (Wildman–Crippen LogP) is 3.37. The Morgan fingerprint density at radius 2 is 0.946 bits per heavy atom. The molecule has 0 aromatic heterocycles. The zero-order valence-corrected chi connectivity index (χ0v) is 31.7. The van der Waals surface area contributed by atoms with E-state index in [0.717, 1.165) is 0 Å². The number of carboxylic acid groups (broad SMARTS) is 1. The van der Waals surface area contributed by atoms with E-state index in [2.05, 4.69) is 0 Å². The van der Waals surface area contributed by atoms with E-state index in [-0.39, 0.29) is 33.8 Å². The smallest absolute Gasteiger partial charge is 0.335 e. The molecule has 2 aliphatic carbocycles. The monoisotopic (exact) mass is 806 g/mol. The molecule has 18 heteroatoms. The third-order valence-electron chi connectivity index (χ3n) is 9.74. The van der Waals surface area contributed by atoms with Crippen LogP contribution in [0.15, 0.2) is 23.7 Å². The minimum atomic E-state index is -1.20. The van der Waals surface area contributed by atoms with E-state index in [1.807, 2.05) is 13.8 Å². The molecule has 0 aromatic carbocycles. The van der Waals surface area contributed by atoms with Crippen molar-refractivity contribution in [3.63, 3.8) is 0 Å². The third kappa shape index (κ3) is 7.80. The lowest BCUT2D eigenvalue weighted by atomic mass is 9.80. The highest BCUT2D eigenvalue weighted by Gasteiger charge is 2.73. The van der Waals surface area contributed by atoms with Crippen molar-refractivity contribution in [2.24, 2.45) is 0 Å². The molecule has 6 heterocycles. The van der Waals surface area contributed by atoms with Gasteiger partial charge < -0.3 is 71.4 Å². The molecular formula is C38H62O18. The number of methoxy groups -OCH3 is 3. The van der Waals surface area contributed by atoms with Crippen molar-refractivity contribution in [1.82, 2.24) is 0 Å². The minimum Gasteiger partial charge on any atom is -0.494 e. The number of hydrogen-bond acceptors (Lipinski definition) is 17. The second-order valence-electron chi connectivity index (χ2n) is 14.6. The van der Waals surface area contributed by atoms with Crippen LogP contribution in [0.2, 0.25) is 0 Å². The number of carboxylic acids is 1. The van der Waals surface area contributed by atoms with E-state index in [1.54, 1.807) is 41.5 Å². The molecule has 0 bridgehead atoms. The van der Waals surface area contributed by atoms with Crippen LogP contribution in [0.1, 0.15) is 77.7 Å². The van der Waals surface area contributed by atoms with Crippen LogP contribution in [0.3, 0.4) is 0 Å². The first-order valence-corrected chi connectivity index (χ1v) is 17.5. The van der Waals surface area contributed by atoms with Crippen molar-refractivity contribution in [1.29, 1.82) is 0 Å². The topological polar surface area (TPSA) is 201 Å². The summed E-state index contributed by atoms with van der Waals surface area (Å²) in [5.74, 6) is -2.72. The van der Waals surface area contributed by atoms with Crippen molar-refractivity contribution < 1.29 is 85.8 Å². The fourth-order valence-corrected chi connectivity index (χ4v) is 7.71. The summed E-state index contributed by atoms with van der Waals surface area (Å²) in [6.45, 7) is 15.3. The molecule has 56 heavy (non-hydrogen) atoms. The number of aliphatic carboxylic acids is 1. The van der Waals surface area contributed by atoms with Crippen LogP contribution in [0.25, 0.3) is 0 Å². The van der Waals surface area contributed by atoms with Crippen LogP contribution in [0.5, 0.6) is 0 Å². The maximum absolute atomic E-state index is 12.1. The molecule has 6 fully saturated rings. The average Bonchev–Trinajstić information content (AvgIpc) is 3.89. The zero-order chi connectivity index (χ0) is 38.9. The highest BCUT2D eigenvalue weighted by molar-refractivity contribution is 6.08. The predicted molar refractivity (Wildman–Crippen MR) is 194 cm³/mol. The Morgan fingerprint density at radius 3 is 1.29 bits per heavy atom. The van der Waals surface area contributed by atoms with E-state index < -0.39 is 96.1 Å². The summed E-state index contributed by atoms with van der Waals surface area (Å²) in [5.41, 5.74) is -2.40. The number of ether oxygens (including phenoxy) is 14. The van der Waals surface area contributed by atoms with Crippen molar-refractivity contribution in [3.8, 4) is 0 Å². The number of fused-ring (bicyclic) bond motifs is 5. The van der Waals surface area contributed by atoms with Crippen molar-refractivity contribution in [2.75, 3.05) is 34.5 Å². The molecule has 8 aliphatic rings. The molecule has 12 atom stereocenters. The highest BCUT2D eigenvalue weighted by Crippen LogP contribution is 2.53. The van der Waals surface area contributed by atoms with Gasteiger partial charge in [0.25, 0.3) is 0 Å². The van der Waals surface area contributed by atoms with Gasteiger partial charge in [-0.05, 0) is 55.4 Å². The first-order chi connectivity index (χ1) is 24.8. The maximum Gasteiger partial charge on any atom is 0.335 e. The zero-order valence-electron chi connectivity index (χ0n) is 31.7. The van der Waals surface area contributed by atoms with Crippen LogP contribution < -0.4 is 0 Å². The number of ketones is 2. The van der Waals surface area contributed by atoms with Gasteiger partial charge in [0.15, 0.2) is 42.3 Å². The summed E-state index contributed by atoms with van der Waals surface area (Å²) in [5, 5.41) is 8.93. The number of hydrogen-bond donors (Lipinski definition) is 1. The number of rotatable bonds is 8. The van der Waals surface area contributed by atoms with Crippen LogP contribution in [-0.4, -0.2) is 147 Å². The largest absolute Gasteiger partial charge is 0.494 e. The second kappa shape index (κ2) is 16.9. The summed E-state index contributed by atoms with van der Waals surface area (Å²) in [4.78, 5) is 35.1. The lowest BCUT2D eigenvalue weighted by Gasteiger charge is -2.38. The minimum absolute atomic E-state index is 0. The Balaban J connectivity index is 0.000000221. The van der Waals surface area contributed by atoms with Crippen molar-refractivity contribution >= 4 is 17.5 Å². The van der Waals surface area contributed by atoms with Gasteiger partial charge >= 0.3 is 5.97 Å². The number of carbonyl (C=O) groups is 3. The van der Waals surface area contributed by atoms with E-state index in [1.165, 1.54) is 33.5 Å². The first kappa shape index (κ1) is 47.8. The van der Waals surface area contributed by atoms with Crippen molar-refractivity contribution in [3.05, 3.63) is 23.7 Å². The van der Waals surface area contributed by atoms with E-state index >= 15 is 0 Å². The van der Waals surface area contributed by atoms with Crippen molar-refractivity contribution in [2.45, 2.75) is 168 Å². The molecule has 6 saturated heterocycles. The molecule has 0 aromatic rings. The van der Waals surface area contributed by atoms with Gasteiger partial charge in [0.2, 0.25) is 22.8 Å². The molecule has 322 valence electrons. The standard InChI is InChI=1S/2C13H18O6.C9H14O6.3CH4/c2*1-5-16-8-6-7(14)13(8)10-9(11(15-4)19-13)17-12(2,3)18-10;1-9(2)14-4-5(7(10)11)13-8(12-3)6(4)15-9;;;/h2*6,9-11H,5H2,1-4H3;4-6,8H,1-3H3,(H,10,11);3*1H4/t9?,10-,11-,13+;9?,10-,11-,13-;4-,5+,6-,8-;;;/m111.../s1. The summed E-state index contributed by atoms with van der Waals surface area (Å²) in [6.07, 6.45) is -3.15. The molecular weight excluding hydrogens is 744 g/mol. The third-order valence-corrected chi connectivity index (χ3v) is 9.74. The average molecular weight is 807 g/mol. The molecule has 18 nitrogen and oxygen atoms in total. The Hall–Kier alpha value is -2.59. The van der Waals surface area contributed by atoms with Gasteiger partial charge in [0.1, 0.15) is 48.1 Å². The van der Waals surface area contributed by atoms with Gasteiger partial charge in [-0.1, -0.05) is 22.3 Å². The van der Waals surface area contributed by atoms with Gasteiger partial charge in [0.05, 0.1) is 13.2 Å². The number of carbonyl (C=O) groups excluding carboxylic acids is 2. The lowest BCUT2D eigenvalue weighted by Crippen LogP contribution is -2.57. The van der Waals surface area contributed by atoms with Gasteiger partial charge in [-0.15, -0.1) is 0 Å². The molecule has 0 radical (unpaired) electrons. The lowest BCUT2D eigenvalue weighted by molar-refractivity contribution is -0.247. The summed E-state index contributed by atoms with van der Waals surface area (Å²) >= 11 is 0. The Morgan fingerprint density at radius 1 is 0.589 bits per heavy atom. The Kier molecular flexibility index (Phi) is 14.5. The van der Waals surface area contributed by atoms with Crippen LogP contribution in [-0.2, 0) is 80.7 Å². The SMILES string of the molecule is C.C.C.CCOC1=CC(=O)[C@@]12O[C@@H](OC)C1OC(C)(C)O[C@H]12.CCOC1=CC(=O)[C@]12O[C@@H](OC)C1OC(C)(C)O[C@H]12.CO[C@@H]1O[C@H](C(=O)O)[C@H]2OC(C)(C)O[C@@H]12. The molecule has 0 saturated carbocycles. The van der Waals surface area contributed by atoms with Gasteiger partial charge in [-0.3, -0.25) is 9.59 Å². The van der Waals surface area contributed by atoms with Gasteiger partial charge in [-0.25, -0.2) is 4.79 Å². The van der Waals surface area contributed by atoms with Crippen LogP contribution in [0.4, 0.5) is 0 Å². The quantitative estimate of drug-likeness (QED) is 0.374. The normalized spacial score (nSPS) is 40.7. The summed E-state index contributed by atoms with van der Waals surface area (Å²) in [7, 11) is 4.48. The van der Waals surface area contributed by atoms with E-state index in [4.69, 9.17) is 71.4 Å². The molecule has 1 N–H and O–H groups in total. The van der Waals surface area contributed by atoms with Crippen LogP contribution in [0, 0.1) is 0 Å². The van der Waals surface area contributed by atoms with Gasteiger partial charge in [-0.2, -0.15) is 0 Å². The second-order valence-corrected chi connectivity index (χ2v) is 14.6. The summed E-state index contributed by atoms with van der Waals surface area (Å²) < 4.78 is 77.4. The first-order valence-electron chi connectivity index (χ1n) is 17.5. The summed E-state index contributed by atoms with van der Waals surface area (Å²) in [6, 6.07) is 0. The fourth-order valence-electron chi connectivity index (χ4n) is 7.71. The molecule has 0 amide bonds. The van der Waals surface area contributed by atoms with Gasteiger partial charge in [0, 0.05) is 33.5 Å². The molecule has 2 spiro atoms. The molecule has 6 aliphatic heterocycles. The van der Waals surface area contributed by atoms with E-state index in [9.17, 15) is 14.4 Å². The molecule has 8 rings (SSSR count).